The minimum atomic E-state index is -3.50. The molecule has 0 aliphatic heterocycles. The summed E-state index contributed by atoms with van der Waals surface area (Å²) < 4.78 is 26.7. The van der Waals surface area contributed by atoms with Crippen LogP contribution in [0.5, 0.6) is 0 Å². The van der Waals surface area contributed by atoms with Gasteiger partial charge < -0.3 is 0 Å². The number of halogens is 3. The molecule has 0 amide bonds. The summed E-state index contributed by atoms with van der Waals surface area (Å²) in [5, 5.41) is 0.388. The van der Waals surface area contributed by atoms with E-state index in [2.05, 4.69) is 20.7 Å². The number of hydrogen-bond donors (Lipinski definition) is 1. The molecule has 1 aromatic rings. The lowest BCUT2D eigenvalue weighted by Crippen LogP contribution is -2.33. The molecular weight excluding hydrogens is 345 g/mol. The predicted molar refractivity (Wildman–Crippen MR) is 67.5 cm³/mol. The van der Waals surface area contributed by atoms with Gasteiger partial charge in [-0.2, -0.15) is 0 Å². The fourth-order valence-electron chi connectivity index (χ4n) is 0.814. The minimum Gasteiger partial charge on any atom is -0.206 e. The molecule has 0 spiro atoms. The molecule has 0 radical (unpaired) electrons. The Morgan fingerprint density at radius 2 is 2.27 bits per heavy atom. The molecule has 86 valence electrons. The Morgan fingerprint density at radius 1 is 1.67 bits per heavy atom. The summed E-state index contributed by atoms with van der Waals surface area (Å²) in [5.41, 5.74) is 0. The third-order valence-electron chi connectivity index (χ3n) is 1.48. The van der Waals surface area contributed by atoms with Crippen LogP contribution < -0.4 is 4.72 Å². The molecule has 0 aromatic carbocycles. The van der Waals surface area contributed by atoms with Gasteiger partial charge in [-0.3, -0.25) is 0 Å². The van der Waals surface area contributed by atoms with Crippen molar-refractivity contribution in [2.75, 3.05) is 5.88 Å². The van der Waals surface area contributed by atoms with E-state index >= 15 is 0 Å². The van der Waals surface area contributed by atoms with Crippen molar-refractivity contribution in [2.45, 2.75) is 17.2 Å². The minimum absolute atomic E-state index is 0.177. The van der Waals surface area contributed by atoms with Crippen molar-refractivity contribution in [1.29, 1.82) is 0 Å². The van der Waals surface area contributed by atoms with Crippen molar-refractivity contribution in [1.82, 2.24) is 4.72 Å². The molecule has 0 fully saturated rings. The Morgan fingerprint density at radius 3 is 2.67 bits per heavy atom. The smallest absolute Gasteiger partial charge is 0.206 e. The lowest BCUT2D eigenvalue weighted by Gasteiger charge is -2.09. The molecule has 0 saturated heterocycles. The predicted octanol–water partition coefficient (Wildman–Crippen LogP) is 3.07. The van der Waals surface area contributed by atoms with Crippen LogP contribution in [0.15, 0.2) is 14.1 Å². The first-order valence-corrected chi connectivity index (χ1v) is 7.90. The zero-order valence-corrected chi connectivity index (χ0v) is 12.4. The number of hydrogen-bond acceptors (Lipinski definition) is 3. The topological polar surface area (TPSA) is 46.2 Å². The maximum Gasteiger partial charge on any atom is 0.250 e. The summed E-state index contributed by atoms with van der Waals surface area (Å²) in [5.74, 6) is 0.222. The molecule has 1 unspecified atom stereocenters. The van der Waals surface area contributed by atoms with Crippen LogP contribution in [0.25, 0.3) is 0 Å². The fraction of sp³-hybridized carbons (Fsp3) is 0.429. The van der Waals surface area contributed by atoms with Crippen LogP contribution in [-0.4, -0.2) is 20.3 Å². The number of thiophene rings is 1. The second-order valence-electron chi connectivity index (χ2n) is 2.86. The van der Waals surface area contributed by atoms with Crippen LogP contribution in [-0.2, 0) is 10.0 Å². The average molecular weight is 353 g/mol. The summed E-state index contributed by atoms with van der Waals surface area (Å²) in [6.07, 6.45) is 0. The maximum atomic E-state index is 11.7. The van der Waals surface area contributed by atoms with Crippen LogP contribution in [0, 0.1) is 0 Å². The van der Waals surface area contributed by atoms with Gasteiger partial charge in [0.15, 0.2) is 0 Å². The number of sulfonamides is 1. The van der Waals surface area contributed by atoms with Gasteiger partial charge in [0.2, 0.25) is 10.0 Å². The SMILES string of the molecule is CC(CCl)NS(=O)(=O)c1cc(Cl)c(Br)s1. The van der Waals surface area contributed by atoms with E-state index in [1.165, 1.54) is 6.07 Å². The fourth-order valence-corrected chi connectivity index (χ4v) is 4.64. The molecule has 0 bridgehead atoms. The van der Waals surface area contributed by atoms with E-state index in [4.69, 9.17) is 23.2 Å². The van der Waals surface area contributed by atoms with E-state index < -0.39 is 10.0 Å². The van der Waals surface area contributed by atoms with Gasteiger partial charge in [-0.05, 0) is 28.9 Å². The normalized spacial score (nSPS) is 14.1. The highest BCUT2D eigenvalue weighted by Crippen LogP contribution is 2.34. The van der Waals surface area contributed by atoms with Gasteiger partial charge in [0.1, 0.15) is 4.21 Å². The number of rotatable bonds is 4. The average Bonchev–Trinajstić information content (AvgIpc) is 2.47. The Hall–Kier alpha value is 0.670. The maximum absolute atomic E-state index is 11.7. The van der Waals surface area contributed by atoms with Crippen molar-refractivity contribution >= 4 is 60.5 Å². The van der Waals surface area contributed by atoms with Crippen molar-refractivity contribution < 1.29 is 8.42 Å². The van der Waals surface area contributed by atoms with Gasteiger partial charge in [-0.25, -0.2) is 13.1 Å². The molecule has 0 aliphatic rings. The molecule has 0 saturated carbocycles. The lowest BCUT2D eigenvalue weighted by atomic mass is 10.4. The third kappa shape index (κ3) is 3.57. The van der Waals surface area contributed by atoms with E-state index in [0.29, 0.717) is 8.81 Å². The largest absolute Gasteiger partial charge is 0.250 e. The monoisotopic (exact) mass is 351 g/mol. The van der Waals surface area contributed by atoms with E-state index in [-0.39, 0.29) is 16.1 Å². The second kappa shape index (κ2) is 5.33. The third-order valence-corrected chi connectivity index (χ3v) is 6.48. The van der Waals surface area contributed by atoms with Crippen molar-refractivity contribution in [3.63, 3.8) is 0 Å². The number of alkyl halides is 1. The Bertz CT molecular complexity index is 426. The molecule has 15 heavy (non-hydrogen) atoms. The van der Waals surface area contributed by atoms with Crippen molar-refractivity contribution in [3.8, 4) is 0 Å². The van der Waals surface area contributed by atoms with Crippen molar-refractivity contribution in [2.24, 2.45) is 0 Å². The van der Waals surface area contributed by atoms with Crippen LogP contribution >= 0.6 is 50.5 Å². The quantitative estimate of drug-likeness (QED) is 0.846. The van der Waals surface area contributed by atoms with Gasteiger partial charge in [-0.15, -0.1) is 22.9 Å². The van der Waals surface area contributed by atoms with Gasteiger partial charge in [-0.1, -0.05) is 11.6 Å². The molecule has 1 rings (SSSR count). The highest BCUT2D eigenvalue weighted by molar-refractivity contribution is 9.11. The molecule has 3 nitrogen and oxygen atoms in total. The van der Waals surface area contributed by atoms with Gasteiger partial charge in [0.25, 0.3) is 0 Å². The standard InChI is InChI=1S/C7H8BrCl2NO2S2/c1-4(3-9)11-15(12,13)6-2-5(10)7(8)14-6/h2,4,11H,3H2,1H3. The Labute approximate surface area is 111 Å². The molecule has 1 aromatic heterocycles. The Kier molecular flexibility index (Phi) is 4.88. The lowest BCUT2D eigenvalue weighted by molar-refractivity contribution is 0.573. The zero-order valence-electron chi connectivity index (χ0n) is 7.63. The molecule has 8 heteroatoms. The van der Waals surface area contributed by atoms with Gasteiger partial charge >= 0.3 is 0 Å². The summed E-state index contributed by atoms with van der Waals surface area (Å²) in [4.78, 5) is 0. The molecule has 1 N–H and O–H groups in total. The van der Waals surface area contributed by atoms with Crippen LogP contribution in [0.2, 0.25) is 5.02 Å². The van der Waals surface area contributed by atoms with E-state index in [1.54, 1.807) is 6.92 Å². The summed E-state index contributed by atoms with van der Waals surface area (Å²) in [6, 6.07) is 1.09. The van der Waals surface area contributed by atoms with E-state index in [9.17, 15) is 8.42 Å². The molecular formula is C7H8BrCl2NO2S2. The second-order valence-corrected chi connectivity index (χ2v) is 7.89. The summed E-state index contributed by atoms with van der Waals surface area (Å²) in [6.45, 7) is 1.69. The highest BCUT2D eigenvalue weighted by Gasteiger charge is 2.20. The van der Waals surface area contributed by atoms with Crippen LogP contribution in [0.3, 0.4) is 0 Å². The summed E-state index contributed by atoms with van der Waals surface area (Å²) >= 11 is 15.5. The molecule has 1 heterocycles. The number of nitrogens with one attached hydrogen (secondary N) is 1. The first-order chi connectivity index (χ1) is 6.86. The van der Waals surface area contributed by atoms with Gasteiger partial charge in [0, 0.05) is 11.9 Å². The van der Waals surface area contributed by atoms with E-state index in [1.807, 2.05) is 0 Å². The van der Waals surface area contributed by atoms with Crippen molar-refractivity contribution in [3.05, 3.63) is 14.9 Å². The first kappa shape index (κ1) is 13.7. The highest BCUT2D eigenvalue weighted by atomic mass is 79.9. The van der Waals surface area contributed by atoms with Crippen LogP contribution in [0.4, 0.5) is 0 Å². The van der Waals surface area contributed by atoms with Crippen LogP contribution in [0.1, 0.15) is 6.92 Å². The molecule has 1 atom stereocenters. The first-order valence-electron chi connectivity index (χ1n) is 3.90. The Balaban J connectivity index is 2.96. The zero-order chi connectivity index (χ0) is 11.6. The van der Waals surface area contributed by atoms with E-state index in [0.717, 1.165) is 11.3 Å². The van der Waals surface area contributed by atoms with Gasteiger partial charge in [0.05, 0.1) is 8.81 Å². The molecule has 0 aliphatic carbocycles. The summed E-state index contributed by atoms with van der Waals surface area (Å²) in [7, 11) is -3.50.